The number of rotatable bonds is 2. The number of ether oxygens (including phenoxy) is 1. The van der Waals surface area contributed by atoms with Crippen LogP contribution in [0, 0.1) is 0 Å². The summed E-state index contributed by atoms with van der Waals surface area (Å²) in [5, 5.41) is 9.43. The molecule has 3 rings (SSSR count). The van der Waals surface area contributed by atoms with Gasteiger partial charge in [-0.25, -0.2) is 4.79 Å². The third kappa shape index (κ3) is 3.03. The van der Waals surface area contributed by atoms with Crippen LogP contribution >= 0.6 is 11.3 Å². The van der Waals surface area contributed by atoms with E-state index in [0.29, 0.717) is 4.70 Å². The van der Waals surface area contributed by atoms with E-state index in [9.17, 15) is 27.9 Å². The van der Waals surface area contributed by atoms with Gasteiger partial charge in [-0.15, -0.1) is 0 Å². The molecule has 0 radical (unpaired) electrons. The summed E-state index contributed by atoms with van der Waals surface area (Å²) in [7, 11) is 1.06. The Morgan fingerprint density at radius 1 is 1.15 bits per heavy atom. The summed E-state index contributed by atoms with van der Waals surface area (Å²) < 4.78 is 44.6. The highest BCUT2D eigenvalue weighted by molar-refractivity contribution is 7.20. The molecule has 0 atom stereocenters. The zero-order valence-corrected chi connectivity index (χ0v) is 14.1. The maximum Gasteiger partial charge on any atom is 0.417 e. The lowest BCUT2D eigenvalue weighted by Gasteiger charge is -2.13. The van der Waals surface area contributed by atoms with Crippen LogP contribution in [0.25, 0.3) is 21.2 Å². The van der Waals surface area contributed by atoms with Crippen LogP contribution in [0.2, 0.25) is 0 Å². The Balaban J connectivity index is 2.29. The fraction of sp³-hybridized carbons (Fsp3) is 0.111. The number of hydrogen-bond donors (Lipinski definition) is 1. The lowest BCUT2D eigenvalue weighted by molar-refractivity contribution is -0.137. The quantitative estimate of drug-likeness (QED) is 0.668. The molecular formula is C18H11F3O4S. The first-order valence-electron chi connectivity index (χ1n) is 7.28. The van der Waals surface area contributed by atoms with E-state index in [-0.39, 0.29) is 16.5 Å². The van der Waals surface area contributed by atoms with Crippen molar-refractivity contribution in [3.05, 3.63) is 63.8 Å². The minimum atomic E-state index is -4.55. The molecule has 0 fully saturated rings. The second kappa shape index (κ2) is 6.45. The summed E-state index contributed by atoms with van der Waals surface area (Å²) in [4.78, 5) is 24.3. The predicted molar refractivity (Wildman–Crippen MR) is 91.5 cm³/mol. The van der Waals surface area contributed by atoms with Gasteiger partial charge in [-0.1, -0.05) is 35.6 Å². The molecule has 1 heterocycles. The van der Waals surface area contributed by atoms with Crippen molar-refractivity contribution in [2.24, 2.45) is 0 Å². The maximum absolute atomic E-state index is 13.2. The highest BCUT2D eigenvalue weighted by Gasteiger charge is 2.33. The van der Waals surface area contributed by atoms with Crippen molar-refractivity contribution < 1.29 is 27.8 Å². The summed E-state index contributed by atoms with van der Waals surface area (Å²) in [6, 6.07) is 9.15. The zero-order chi connectivity index (χ0) is 19.1. The Bertz CT molecular complexity index is 1070. The van der Waals surface area contributed by atoms with Crippen molar-refractivity contribution in [3.8, 4) is 16.2 Å². The van der Waals surface area contributed by atoms with Crippen molar-refractivity contribution >= 4 is 27.4 Å². The third-order valence-electron chi connectivity index (χ3n) is 3.80. The van der Waals surface area contributed by atoms with E-state index in [0.717, 1.165) is 24.5 Å². The Morgan fingerprint density at radius 3 is 2.50 bits per heavy atom. The van der Waals surface area contributed by atoms with Gasteiger partial charge in [0.2, 0.25) is 5.43 Å². The number of carbonyl (C=O) groups is 1. The minimum absolute atomic E-state index is 0.0303. The zero-order valence-electron chi connectivity index (χ0n) is 13.3. The second-order valence-corrected chi connectivity index (χ2v) is 6.39. The average molecular weight is 380 g/mol. The average Bonchev–Trinajstić information content (AvgIpc) is 2.60. The number of hydrogen-bond acceptors (Lipinski definition) is 5. The summed E-state index contributed by atoms with van der Waals surface area (Å²) in [6.45, 7) is 0. The van der Waals surface area contributed by atoms with E-state index in [1.165, 1.54) is 36.4 Å². The second-order valence-electron chi connectivity index (χ2n) is 5.36. The molecule has 0 aliphatic rings. The van der Waals surface area contributed by atoms with Gasteiger partial charge in [0, 0.05) is 10.1 Å². The Hall–Kier alpha value is -2.87. The van der Waals surface area contributed by atoms with Crippen LogP contribution in [0.5, 0.6) is 5.06 Å². The van der Waals surface area contributed by atoms with Crippen molar-refractivity contribution in [3.63, 3.8) is 0 Å². The highest BCUT2D eigenvalue weighted by Crippen LogP contribution is 2.38. The first-order chi connectivity index (χ1) is 12.2. The topological polar surface area (TPSA) is 63.6 Å². The molecule has 0 saturated heterocycles. The molecule has 4 nitrogen and oxygen atoms in total. The van der Waals surface area contributed by atoms with Crippen molar-refractivity contribution in [1.29, 1.82) is 0 Å². The van der Waals surface area contributed by atoms with Crippen LogP contribution in [0.4, 0.5) is 13.2 Å². The summed E-state index contributed by atoms with van der Waals surface area (Å²) in [5.74, 6) is -1.01. The van der Waals surface area contributed by atoms with Gasteiger partial charge in [0.25, 0.3) is 0 Å². The molecule has 0 aliphatic heterocycles. The van der Waals surface area contributed by atoms with Gasteiger partial charge < -0.3 is 9.84 Å². The Morgan fingerprint density at radius 2 is 1.85 bits per heavy atom. The minimum Gasteiger partial charge on any atom is -0.499 e. The largest absolute Gasteiger partial charge is 0.499 e. The lowest BCUT2D eigenvalue weighted by atomic mass is 9.98. The number of aromatic hydroxyl groups is 1. The number of fused-ring (bicyclic) bond motifs is 1. The summed E-state index contributed by atoms with van der Waals surface area (Å²) in [6.07, 6.45) is -4.55. The van der Waals surface area contributed by atoms with E-state index in [1.54, 1.807) is 0 Å². The van der Waals surface area contributed by atoms with Gasteiger partial charge in [0.1, 0.15) is 0 Å². The molecule has 0 bridgehead atoms. The van der Waals surface area contributed by atoms with Crippen molar-refractivity contribution in [2.75, 3.05) is 7.11 Å². The number of benzene rings is 2. The standard InChI is InChI=1S/C18H11F3O4S/c1-25-16(23)14-15(22)11-8-9(6-7-13(11)26-17(14)24)10-4-2-3-5-12(10)18(19,20)21/h2-8,24H,1H3. The number of carbonyl (C=O) groups excluding carboxylic acids is 1. The fourth-order valence-electron chi connectivity index (χ4n) is 2.62. The van der Waals surface area contributed by atoms with Crippen LogP contribution < -0.4 is 5.43 Å². The normalized spacial score (nSPS) is 11.5. The van der Waals surface area contributed by atoms with Crippen LogP contribution in [0.15, 0.2) is 47.3 Å². The monoisotopic (exact) mass is 380 g/mol. The molecule has 134 valence electrons. The van der Waals surface area contributed by atoms with Gasteiger partial charge in [-0.05, 0) is 29.3 Å². The van der Waals surface area contributed by atoms with E-state index in [2.05, 4.69) is 4.74 Å². The molecule has 0 amide bonds. The van der Waals surface area contributed by atoms with Crippen LogP contribution in [-0.4, -0.2) is 18.2 Å². The molecule has 0 aliphatic carbocycles. The molecule has 3 aromatic rings. The predicted octanol–water partition coefficient (Wildman–Crippen LogP) is 4.44. The van der Waals surface area contributed by atoms with E-state index >= 15 is 0 Å². The summed E-state index contributed by atoms with van der Waals surface area (Å²) in [5.41, 5.74) is -2.07. The van der Waals surface area contributed by atoms with Gasteiger partial charge >= 0.3 is 12.1 Å². The fourth-order valence-corrected chi connectivity index (χ4v) is 3.50. The highest BCUT2D eigenvalue weighted by atomic mass is 32.1. The van der Waals surface area contributed by atoms with Crippen LogP contribution in [0.1, 0.15) is 15.9 Å². The van der Waals surface area contributed by atoms with E-state index in [1.807, 2.05) is 0 Å². The molecule has 0 saturated carbocycles. The van der Waals surface area contributed by atoms with Crippen molar-refractivity contribution in [1.82, 2.24) is 0 Å². The molecule has 1 N–H and O–H groups in total. The van der Waals surface area contributed by atoms with Gasteiger partial charge in [-0.3, -0.25) is 4.79 Å². The number of esters is 1. The molecule has 0 unspecified atom stereocenters. The van der Waals surface area contributed by atoms with E-state index < -0.39 is 33.8 Å². The van der Waals surface area contributed by atoms with Crippen LogP contribution in [0.3, 0.4) is 0 Å². The number of methoxy groups -OCH3 is 1. The van der Waals surface area contributed by atoms with E-state index in [4.69, 9.17) is 0 Å². The van der Waals surface area contributed by atoms with Gasteiger partial charge in [0.05, 0.1) is 12.7 Å². The van der Waals surface area contributed by atoms with Crippen LogP contribution in [-0.2, 0) is 10.9 Å². The molecule has 0 spiro atoms. The first kappa shape index (κ1) is 17.9. The first-order valence-corrected chi connectivity index (χ1v) is 8.10. The smallest absolute Gasteiger partial charge is 0.417 e. The molecule has 8 heteroatoms. The molecule has 26 heavy (non-hydrogen) atoms. The third-order valence-corrected chi connectivity index (χ3v) is 4.78. The molecule has 1 aromatic heterocycles. The van der Waals surface area contributed by atoms with Gasteiger partial charge in [-0.2, -0.15) is 13.2 Å². The lowest BCUT2D eigenvalue weighted by Crippen LogP contribution is -2.16. The SMILES string of the molecule is COC(=O)c1c(O)sc2ccc(-c3ccccc3C(F)(F)F)cc2c1=O. The van der Waals surface area contributed by atoms with Gasteiger partial charge in [0.15, 0.2) is 10.6 Å². The molecule has 2 aromatic carbocycles. The molecular weight excluding hydrogens is 369 g/mol. The maximum atomic E-state index is 13.2. The summed E-state index contributed by atoms with van der Waals surface area (Å²) >= 11 is 0.772. The van der Waals surface area contributed by atoms with Crippen molar-refractivity contribution in [2.45, 2.75) is 6.18 Å². The number of alkyl halides is 3. The number of halogens is 3. The Kier molecular flexibility index (Phi) is 4.45. The Labute approximate surface area is 149 Å².